The molecule has 0 unspecified atom stereocenters. The summed E-state index contributed by atoms with van der Waals surface area (Å²) >= 11 is 0. The Bertz CT molecular complexity index is 497. The fourth-order valence-electron chi connectivity index (χ4n) is 1.47. The molecule has 16 heavy (non-hydrogen) atoms. The van der Waals surface area contributed by atoms with Gasteiger partial charge in [-0.25, -0.2) is 8.78 Å². The first-order valence-electron chi connectivity index (χ1n) is 4.72. The number of aliphatic hydroxyl groups is 1. The molecule has 1 aromatic carbocycles. The van der Waals surface area contributed by atoms with Crippen LogP contribution in [0.2, 0.25) is 0 Å². The van der Waals surface area contributed by atoms with Gasteiger partial charge in [0.2, 0.25) is 0 Å². The van der Waals surface area contributed by atoms with Gasteiger partial charge in [-0.2, -0.15) is 0 Å². The lowest BCUT2D eigenvalue weighted by Crippen LogP contribution is -1.95. The number of halogens is 2. The summed E-state index contributed by atoms with van der Waals surface area (Å²) in [6.45, 7) is -0.285. The topological polar surface area (TPSA) is 33.1 Å². The van der Waals surface area contributed by atoms with Crippen LogP contribution in [0, 0.1) is 11.6 Å². The number of aliphatic hydroxyl groups excluding tert-OH is 1. The van der Waals surface area contributed by atoms with Crippen molar-refractivity contribution in [2.24, 2.45) is 0 Å². The third kappa shape index (κ3) is 2.06. The third-order valence-electron chi connectivity index (χ3n) is 2.24. The lowest BCUT2D eigenvalue weighted by Gasteiger charge is -2.06. The van der Waals surface area contributed by atoms with Crippen molar-refractivity contribution in [2.45, 2.75) is 6.61 Å². The molecule has 0 fully saturated rings. The van der Waals surface area contributed by atoms with Crippen LogP contribution >= 0.6 is 0 Å². The van der Waals surface area contributed by atoms with E-state index in [0.29, 0.717) is 16.8 Å². The largest absolute Gasteiger partial charge is 0.390 e. The van der Waals surface area contributed by atoms with E-state index in [2.05, 4.69) is 4.98 Å². The van der Waals surface area contributed by atoms with Crippen LogP contribution in [-0.4, -0.2) is 10.1 Å². The van der Waals surface area contributed by atoms with Crippen LogP contribution in [0.25, 0.3) is 11.1 Å². The fourth-order valence-corrected chi connectivity index (χ4v) is 1.47. The van der Waals surface area contributed by atoms with Gasteiger partial charge in [0.25, 0.3) is 0 Å². The van der Waals surface area contributed by atoms with Gasteiger partial charge in [0, 0.05) is 5.56 Å². The van der Waals surface area contributed by atoms with E-state index in [-0.39, 0.29) is 12.4 Å². The van der Waals surface area contributed by atoms with Crippen molar-refractivity contribution in [1.29, 1.82) is 0 Å². The Labute approximate surface area is 91.2 Å². The predicted octanol–water partition coefficient (Wildman–Crippen LogP) is 2.52. The van der Waals surface area contributed by atoms with Crippen LogP contribution in [0.4, 0.5) is 8.78 Å². The number of rotatable bonds is 2. The number of nitrogens with zero attached hydrogens (tertiary/aromatic N) is 1. The SMILES string of the molecule is OCc1ncc(F)cc1-c1ccc(F)cc1. The molecule has 2 rings (SSSR count). The van der Waals surface area contributed by atoms with Crippen LogP contribution in [0.15, 0.2) is 36.5 Å². The molecule has 2 aromatic rings. The summed E-state index contributed by atoms with van der Waals surface area (Å²) in [4.78, 5) is 3.78. The zero-order valence-corrected chi connectivity index (χ0v) is 8.32. The molecule has 1 N–H and O–H groups in total. The molecule has 0 aliphatic heterocycles. The van der Waals surface area contributed by atoms with E-state index < -0.39 is 5.82 Å². The summed E-state index contributed by atoms with van der Waals surface area (Å²) in [5, 5.41) is 9.07. The van der Waals surface area contributed by atoms with E-state index in [1.165, 1.54) is 30.3 Å². The van der Waals surface area contributed by atoms with Gasteiger partial charge in [0.1, 0.15) is 11.6 Å². The van der Waals surface area contributed by atoms with Crippen LogP contribution in [0.3, 0.4) is 0 Å². The normalized spacial score (nSPS) is 10.4. The van der Waals surface area contributed by atoms with Crippen LogP contribution in [-0.2, 0) is 6.61 Å². The van der Waals surface area contributed by atoms with E-state index in [9.17, 15) is 8.78 Å². The van der Waals surface area contributed by atoms with Crippen molar-refractivity contribution in [3.8, 4) is 11.1 Å². The lowest BCUT2D eigenvalue weighted by atomic mass is 10.0. The summed E-state index contributed by atoms with van der Waals surface area (Å²) in [6, 6.07) is 6.87. The molecular weight excluding hydrogens is 212 g/mol. The highest BCUT2D eigenvalue weighted by Crippen LogP contribution is 2.23. The average molecular weight is 221 g/mol. The summed E-state index contributed by atoms with van der Waals surface area (Å²) in [5.74, 6) is -0.852. The van der Waals surface area contributed by atoms with Gasteiger partial charge in [-0.3, -0.25) is 4.98 Å². The molecule has 0 saturated carbocycles. The van der Waals surface area contributed by atoms with E-state index in [4.69, 9.17) is 5.11 Å². The van der Waals surface area contributed by atoms with Gasteiger partial charge in [-0.05, 0) is 23.8 Å². The Kier molecular flexibility index (Phi) is 2.92. The molecule has 0 amide bonds. The molecule has 0 spiro atoms. The highest BCUT2D eigenvalue weighted by molar-refractivity contribution is 5.65. The molecule has 4 heteroatoms. The second-order valence-corrected chi connectivity index (χ2v) is 3.31. The van der Waals surface area contributed by atoms with Crippen LogP contribution in [0.5, 0.6) is 0 Å². The molecule has 0 bridgehead atoms. The lowest BCUT2D eigenvalue weighted by molar-refractivity contribution is 0.277. The quantitative estimate of drug-likeness (QED) is 0.845. The minimum atomic E-state index is -0.489. The van der Waals surface area contributed by atoms with Gasteiger partial charge in [0.05, 0.1) is 18.5 Å². The highest BCUT2D eigenvalue weighted by Gasteiger charge is 2.07. The molecule has 0 atom stereocenters. The minimum Gasteiger partial charge on any atom is -0.390 e. The van der Waals surface area contributed by atoms with E-state index in [0.717, 1.165) is 6.20 Å². The van der Waals surface area contributed by atoms with Crippen molar-refractivity contribution in [3.63, 3.8) is 0 Å². The smallest absolute Gasteiger partial charge is 0.142 e. The van der Waals surface area contributed by atoms with Crippen molar-refractivity contribution >= 4 is 0 Å². The summed E-state index contributed by atoms with van der Waals surface area (Å²) in [7, 11) is 0. The Morgan fingerprint density at radius 2 is 1.75 bits per heavy atom. The van der Waals surface area contributed by atoms with Gasteiger partial charge in [0.15, 0.2) is 0 Å². The third-order valence-corrected chi connectivity index (χ3v) is 2.24. The van der Waals surface area contributed by atoms with E-state index in [1.54, 1.807) is 0 Å². The Morgan fingerprint density at radius 1 is 1.06 bits per heavy atom. The van der Waals surface area contributed by atoms with Crippen molar-refractivity contribution in [2.75, 3.05) is 0 Å². The van der Waals surface area contributed by atoms with Crippen LogP contribution < -0.4 is 0 Å². The maximum atomic E-state index is 13.0. The summed E-state index contributed by atoms with van der Waals surface area (Å²) in [6.07, 6.45) is 1.04. The number of hydrogen-bond acceptors (Lipinski definition) is 2. The second-order valence-electron chi connectivity index (χ2n) is 3.31. The average Bonchev–Trinajstić information content (AvgIpc) is 2.30. The molecule has 0 aliphatic rings. The first-order valence-corrected chi connectivity index (χ1v) is 4.72. The summed E-state index contributed by atoms with van der Waals surface area (Å²) < 4.78 is 25.8. The summed E-state index contributed by atoms with van der Waals surface area (Å²) in [5.41, 5.74) is 1.47. The zero-order chi connectivity index (χ0) is 11.5. The minimum absolute atomic E-state index is 0.285. The van der Waals surface area contributed by atoms with Crippen molar-refractivity contribution in [3.05, 3.63) is 53.9 Å². The maximum Gasteiger partial charge on any atom is 0.142 e. The Morgan fingerprint density at radius 3 is 2.38 bits per heavy atom. The molecule has 0 saturated heterocycles. The maximum absolute atomic E-state index is 13.0. The van der Waals surface area contributed by atoms with E-state index in [1.807, 2.05) is 0 Å². The predicted molar refractivity (Wildman–Crippen MR) is 55.5 cm³/mol. The van der Waals surface area contributed by atoms with Gasteiger partial charge in [-0.1, -0.05) is 12.1 Å². The van der Waals surface area contributed by atoms with Gasteiger partial charge in [-0.15, -0.1) is 0 Å². The van der Waals surface area contributed by atoms with Gasteiger partial charge < -0.3 is 5.11 Å². The molecule has 1 aromatic heterocycles. The molecule has 0 aliphatic carbocycles. The Hall–Kier alpha value is -1.81. The monoisotopic (exact) mass is 221 g/mol. The van der Waals surface area contributed by atoms with Crippen molar-refractivity contribution < 1.29 is 13.9 Å². The molecule has 1 heterocycles. The number of benzene rings is 1. The molecule has 0 radical (unpaired) electrons. The number of aromatic nitrogens is 1. The highest BCUT2D eigenvalue weighted by atomic mass is 19.1. The number of pyridine rings is 1. The van der Waals surface area contributed by atoms with E-state index >= 15 is 0 Å². The fraction of sp³-hybridized carbons (Fsp3) is 0.0833. The first-order chi connectivity index (χ1) is 7.70. The Balaban J connectivity index is 2.53. The number of hydrogen-bond donors (Lipinski definition) is 1. The molecular formula is C12H9F2NO. The van der Waals surface area contributed by atoms with Crippen LogP contribution in [0.1, 0.15) is 5.69 Å². The standard InChI is InChI=1S/C12H9F2NO/c13-9-3-1-8(2-4-9)11-5-10(14)6-15-12(11)7-16/h1-6,16H,7H2. The van der Waals surface area contributed by atoms with Crippen molar-refractivity contribution in [1.82, 2.24) is 4.98 Å². The zero-order valence-electron chi connectivity index (χ0n) is 8.32. The first kappa shape index (κ1) is 10.7. The van der Waals surface area contributed by atoms with Gasteiger partial charge >= 0.3 is 0 Å². The second kappa shape index (κ2) is 4.37. The molecule has 2 nitrogen and oxygen atoms in total. The molecule has 82 valence electrons.